The number of amides is 1. The van der Waals surface area contributed by atoms with Gasteiger partial charge >= 0.3 is 0 Å². The Hall–Kier alpha value is -2.25. The minimum atomic E-state index is -0.734. The number of aliphatic hydroxyl groups excluding tert-OH is 1. The Morgan fingerprint density at radius 3 is 3.04 bits per heavy atom. The van der Waals surface area contributed by atoms with E-state index >= 15 is 0 Å². The Morgan fingerprint density at radius 1 is 1.50 bits per heavy atom. The molecule has 2 aromatic rings. The molecule has 1 aliphatic heterocycles. The maximum Gasteiger partial charge on any atom is 0.269 e. The number of hydrogen-bond acceptors (Lipinski definition) is 4. The predicted molar refractivity (Wildman–Crippen MR) is 86.9 cm³/mol. The van der Waals surface area contributed by atoms with E-state index in [1.165, 1.54) is 12.1 Å². The van der Waals surface area contributed by atoms with Gasteiger partial charge in [0.05, 0.1) is 6.10 Å². The van der Waals surface area contributed by atoms with Crippen molar-refractivity contribution < 1.29 is 14.3 Å². The fraction of sp³-hybridized carbons (Fsp3) is 0.412. The summed E-state index contributed by atoms with van der Waals surface area (Å²) in [4.78, 5) is 13.3. The van der Waals surface area contributed by atoms with Gasteiger partial charge in [0.2, 0.25) is 0 Å². The third kappa shape index (κ3) is 3.80. The molecule has 2 atom stereocenters. The van der Waals surface area contributed by atoms with Crippen LogP contribution in [-0.4, -0.2) is 45.7 Å². The predicted octanol–water partition coefficient (Wildman–Crippen LogP) is 1.56. The molecule has 2 heterocycles. The number of nitrogens with one attached hydrogen (secondary N) is 1. The first-order chi connectivity index (χ1) is 11.5. The number of aromatic nitrogens is 2. The molecule has 0 radical (unpaired) electrons. The summed E-state index contributed by atoms with van der Waals surface area (Å²) >= 11 is 0. The number of carbonyl (C=O) groups excluding carboxylic acids is 1. The summed E-state index contributed by atoms with van der Waals surface area (Å²) in [5, 5.41) is 17.1. The normalized spacial score (nSPS) is 20.0. The molecule has 6 nitrogen and oxygen atoms in total. The van der Waals surface area contributed by atoms with E-state index < -0.39 is 12.0 Å². The zero-order chi connectivity index (χ0) is 17.1. The molecule has 128 valence electrons. The van der Waals surface area contributed by atoms with Crippen molar-refractivity contribution in [1.29, 1.82) is 0 Å². The molecular weight excluding hydrogens is 311 g/mol. The van der Waals surface area contributed by atoms with Gasteiger partial charge in [-0.2, -0.15) is 5.10 Å². The number of aliphatic hydroxyl groups is 1. The van der Waals surface area contributed by atoms with E-state index in [0.29, 0.717) is 12.1 Å². The zero-order valence-electron chi connectivity index (χ0n) is 13.3. The zero-order valence-corrected chi connectivity index (χ0v) is 13.3. The van der Waals surface area contributed by atoms with Crippen LogP contribution in [0, 0.1) is 5.82 Å². The molecule has 1 aromatic carbocycles. The van der Waals surface area contributed by atoms with Crippen LogP contribution in [0.4, 0.5) is 4.39 Å². The number of carbonyl (C=O) groups is 1. The Bertz CT molecular complexity index is 718. The Kier molecular flexibility index (Phi) is 4.92. The van der Waals surface area contributed by atoms with Crippen molar-refractivity contribution in [2.24, 2.45) is 5.73 Å². The van der Waals surface area contributed by atoms with Crippen LogP contribution in [0.1, 0.15) is 46.6 Å². The number of aromatic amines is 1. The van der Waals surface area contributed by atoms with Crippen molar-refractivity contribution in [3.8, 4) is 0 Å². The Morgan fingerprint density at radius 2 is 2.33 bits per heavy atom. The first-order valence-electron chi connectivity index (χ1n) is 8.04. The molecule has 1 amide bonds. The molecule has 1 aromatic heterocycles. The number of hydrogen-bond donors (Lipinski definition) is 3. The third-order valence-electron chi connectivity index (χ3n) is 4.46. The van der Waals surface area contributed by atoms with Crippen molar-refractivity contribution in [2.45, 2.75) is 24.9 Å². The van der Waals surface area contributed by atoms with Crippen LogP contribution < -0.4 is 5.73 Å². The number of primary amides is 1. The number of likely N-dealkylation sites (tertiary alicyclic amines) is 1. The first kappa shape index (κ1) is 16.6. The highest BCUT2D eigenvalue weighted by atomic mass is 19.1. The van der Waals surface area contributed by atoms with Gasteiger partial charge in [-0.3, -0.25) is 14.8 Å². The largest absolute Gasteiger partial charge is 0.387 e. The average Bonchev–Trinajstić information content (AvgIpc) is 3.05. The third-order valence-corrected chi connectivity index (χ3v) is 4.46. The molecule has 7 heteroatoms. The maximum atomic E-state index is 13.3. The fourth-order valence-electron chi connectivity index (χ4n) is 3.21. The SMILES string of the molecule is NC(=O)c1cc(C2CCCN(CC(O)c3cccc(F)c3)C2)[nH]n1. The standard InChI is InChI=1S/C17H21FN4O2/c18-13-5-1-3-11(7-13)16(23)10-22-6-2-4-12(9-22)14-8-15(17(19)24)21-20-14/h1,3,5,7-8,12,16,23H,2,4,6,9-10H2,(H2,19,24)(H,20,21). The van der Waals surface area contributed by atoms with Crippen LogP contribution in [0.3, 0.4) is 0 Å². The van der Waals surface area contributed by atoms with Crippen molar-refractivity contribution in [3.63, 3.8) is 0 Å². The summed E-state index contributed by atoms with van der Waals surface area (Å²) in [7, 11) is 0. The lowest BCUT2D eigenvalue weighted by Crippen LogP contribution is -2.37. The summed E-state index contributed by atoms with van der Waals surface area (Å²) in [6, 6.07) is 7.74. The molecule has 24 heavy (non-hydrogen) atoms. The van der Waals surface area contributed by atoms with E-state index in [1.54, 1.807) is 18.2 Å². The monoisotopic (exact) mass is 332 g/mol. The van der Waals surface area contributed by atoms with E-state index in [-0.39, 0.29) is 17.4 Å². The van der Waals surface area contributed by atoms with Gasteiger partial charge in [-0.05, 0) is 43.1 Å². The van der Waals surface area contributed by atoms with Crippen molar-refractivity contribution >= 4 is 5.91 Å². The van der Waals surface area contributed by atoms with Crippen molar-refractivity contribution in [1.82, 2.24) is 15.1 Å². The molecule has 0 spiro atoms. The molecule has 0 saturated carbocycles. The van der Waals surface area contributed by atoms with Gasteiger partial charge in [-0.25, -0.2) is 4.39 Å². The molecule has 4 N–H and O–H groups in total. The van der Waals surface area contributed by atoms with Gasteiger partial charge in [0, 0.05) is 24.7 Å². The fourth-order valence-corrected chi connectivity index (χ4v) is 3.21. The number of piperidine rings is 1. The average molecular weight is 332 g/mol. The molecule has 3 rings (SSSR count). The quantitative estimate of drug-likeness (QED) is 0.774. The van der Waals surface area contributed by atoms with E-state index in [0.717, 1.165) is 31.6 Å². The van der Waals surface area contributed by atoms with E-state index in [1.807, 2.05) is 0 Å². The molecule has 1 fully saturated rings. The minimum absolute atomic E-state index is 0.207. The Balaban J connectivity index is 1.63. The molecular formula is C17H21FN4O2. The number of nitrogens with zero attached hydrogens (tertiary/aromatic N) is 2. The molecule has 1 saturated heterocycles. The van der Waals surface area contributed by atoms with Crippen LogP contribution in [0.5, 0.6) is 0 Å². The van der Waals surface area contributed by atoms with Crippen molar-refractivity contribution in [2.75, 3.05) is 19.6 Å². The van der Waals surface area contributed by atoms with Crippen LogP contribution in [0.2, 0.25) is 0 Å². The summed E-state index contributed by atoms with van der Waals surface area (Å²) in [5.41, 5.74) is 6.93. The maximum absolute atomic E-state index is 13.3. The summed E-state index contributed by atoms with van der Waals surface area (Å²) in [6.45, 7) is 2.06. The van der Waals surface area contributed by atoms with E-state index in [2.05, 4.69) is 15.1 Å². The number of benzene rings is 1. The number of nitrogens with two attached hydrogens (primary N) is 1. The van der Waals surface area contributed by atoms with E-state index in [9.17, 15) is 14.3 Å². The molecule has 0 bridgehead atoms. The van der Waals surface area contributed by atoms with Crippen molar-refractivity contribution in [3.05, 3.63) is 53.1 Å². The second kappa shape index (κ2) is 7.11. The summed E-state index contributed by atoms with van der Waals surface area (Å²) < 4.78 is 13.3. The number of rotatable bonds is 5. The van der Waals surface area contributed by atoms with Gasteiger partial charge in [0.25, 0.3) is 5.91 Å². The summed E-state index contributed by atoms with van der Waals surface area (Å²) in [6.07, 6.45) is 1.22. The second-order valence-corrected chi connectivity index (χ2v) is 6.24. The summed E-state index contributed by atoms with van der Waals surface area (Å²) in [5.74, 6) is -0.690. The number of halogens is 1. The number of H-pyrrole nitrogens is 1. The highest BCUT2D eigenvalue weighted by molar-refractivity contribution is 5.90. The highest BCUT2D eigenvalue weighted by Crippen LogP contribution is 2.27. The van der Waals surface area contributed by atoms with Gasteiger partial charge in [-0.15, -0.1) is 0 Å². The molecule has 0 aliphatic carbocycles. The van der Waals surface area contributed by atoms with Gasteiger partial charge in [-0.1, -0.05) is 12.1 Å². The highest BCUT2D eigenvalue weighted by Gasteiger charge is 2.25. The lowest BCUT2D eigenvalue weighted by molar-refractivity contribution is 0.0948. The number of β-amino-alcohol motifs (C(OH)–C–C–N with tert-alkyl or cyclic N) is 1. The topological polar surface area (TPSA) is 95.2 Å². The lowest BCUT2D eigenvalue weighted by Gasteiger charge is -2.33. The van der Waals surface area contributed by atoms with Crippen LogP contribution in [0.25, 0.3) is 0 Å². The van der Waals surface area contributed by atoms with Gasteiger partial charge in [0.1, 0.15) is 11.5 Å². The van der Waals surface area contributed by atoms with Crippen LogP contribution in [0.15, 0.2) is 30.3 Å². The van der Waals surface area contributed by atoms with E-state index in [4.69, 9.17) is 5.73 Å². The smallest absolute Gasteiger partial charge is 0.269 e. The van der Waals surface area contributed by atoms with Crippen LogP contribution in [-0.2, 0) is 0 Å². The lowest BCUT2D eigenvalue weighted by atomic mass is 9.94. The Labute approximate surface area is 139 Å². The molecule has 2 unspecified atom stereocenters. The second-order valence-electron chi connectivity index (χ2n) is 6.24. The van der Waals surface area contributed by atoms with Gasteiger partial charge in [0.15, 0.2) is 0 Å². The van der Waals surface area contributed by atoms with Gasteiger partial charge < -0.3 is 10.8 Å². The minimum Gasteiger partial charge on any atom is -0.387 e. The first-order valence-corrected chi connectivity index (χ1v) is 8.04. The van der Waals surface area contributed by atoms with Crippen LogP contribution >= 0.6 is 0 Å². The molecule has 1 aliphatic rings.